The van der Waals surface area contributed by atoms with Crippen LogP contribution in [0.2, 0.25) is 0 Å². The highest BCUT2D eigenvalue weighted by atomic mass is 19.2. The molecule has 3 nitrogen and oxygen atoms in total. The molecule has 0 bridgehead atoms. The zero-order chi connectivity index (χ0) is 23.6. The van der Waals surface area contributed by atoms with E-state index in [0.717, 1.165) is 49.7 Å². The molecule has 1 aromatic rings. The molecule has 0 radical (unpaired) electrons. The fourth-order valence-electron chi connectivity index (χ4n) is 5.88. The van der Waals surface area contributed by atoms with Crippen LogP contribution >= 0.6 is 0 Å². The molecule has 0 amide bonds. The number of nitrogens with zero attached hydrogens (tertiary/aromatic N) is 1. The van der Waals surface area contributed by atoms with E-state index in [1.165, 1.54) is 70.6 Å². The number of halogens is 2. The molecular formula is C28H39F2NO2. The molecule has 182 valence electrons. The van der Waals surface area contributed by atoms with Gasteiger partial charge in [0.1, 0.15) is 6.07 Å². The summed E-state index contributed by atoms with van der Waals surface area (Å²) in [6.45, 7) is 2.26. The second kappa shape index (κ2) is 13.1. The molecule has 2 aliphatic carbocycles. The van der Waals surface area contributed by atoms with Crippen molar-refractivity contribution in [2.24, 2.45) is 23.7 Å². The predicted molar refractivity (Wildman–Crippen MR) is 126 cm³/mol. The Balaban J connectivity index is 1.36. The van der Waals surface area contributed by atoms with Crippen LogP contribution in [0.25, 0.3) is 0 Å². The summed E-state index contributed by atoms with van der Waals surface area (Å²) in [6.07, 6.45) is 18.5. The molecule has 0 unspecified atom stereocenters. The summed E-state index contributed by atoms with van der Waals surface area (Å²) in [7, 11) is 0. The summed E-state index contributed by atoms with van der Waals surface area (Å²) >= 11 is 0. The minimum atomic E-state index is -1.27. The Morgan fingerprint density at radius 2 is 1.52 bits per heavy atom. The Hall–Kier alpha value is -1.96. The highest BCUT2D eigenvalue weighted by Gasteiger charge is 2.34. The number of carbonyl (C=O) groups is 1. The molecule has 0 aromatic heterocycles. The lowest BCUT2D eigenvalue weighted by Crippen LogP contribution is -2.30. The maximum absolute atomic E-state index is 14.1. The first-order chi connectivity index (χ1) is 16.0. The average Bonchev–Trinajstić information content (AvgIpc) is 2.85. The van der Waals surface area contributed by atoms with Gasteiger partial charge in [-0.25, -0.2) is 4.39 Å². The second-order valence-electron chi connectivity index (χ2n) is 10.2. The van der Waals surface area contributed by atoms with Gasteiger partial charge in [-0.15, -0.1) is 0 Å². The van der Waals surface area contributed by atoms with E-state index in [-0.39, 0.29) is 5.92 Å². The van der Waals surface area contributed by atoms with Crippen LogP contribution in [0.1, 0.15) is 109 Å². The summed E-state index contributed by atoms with van der Waals surface area (Å²) in [4.78, 5) is 12.5. The minimum absolute atomic E-state index is 0.261. The smallest absolute Gasteiger partial charge is 0.314 e. The molecule has 0 aliphatic heterocycles. The Bertz CT molecular complexity index is 803. The largest absolute Gasteiger partial charge is 0.423 e. The molecule has 0 heterocycles. The Labute approximate surface area is 197 Å². The molecule has 5 heteroatoms. The van der Waals surface area contributed by atoms with E-state index in [1.54, 1.807) is 6.07 Å². The van der Waals surface area contributed by atoms with Crippen molar-refractivity contribution in [2.75, 3.05) is 0 Å². The van der Waals surface area contributed by atoms with Crippen molar-refractivity contribution in [3.63, 3.8) is 0 Å². The summed E-state index contributed by atoms with van der Waals surface area (Å²) < 4.78 is 33.0. The fraction of sp³-hybridized carbons (Fsp3) is 0.714. The zero-order valence-corrected chi connectivity index (χ0v) is 20.1. The van der Waals surface area contributed by atoms with E-state index in [1.807, 2.05) is 0 Å². The quantitative estimate of drug-likeness (QED) is 0.202. The molecule has 0 spiro atoms. The van der Waals surface area contributed by atoms with Crippen LogP contribution in [-0.2, 0) is 4.79 Å². The van der Waals surface area contributed by atoms with Crippen LogP contribution in [0.5, 0.6) is 5.75 Å². The van der Waals surface area contributed by atoms with E-state index < -0.39 is 28.9 Å². The molecule has 1 aromatic carbocycles. The minimum Gasteiger partial charge on any atom is -0.423 e. The van der Waals surface area contributed by atoms with E-state index in [2.05, 4.69) is 6.92 Å². The summed E-state index contributed by atoms with van der Waals surface area (Å²) in [5, 5.41) is 8.78. The normalized spacial score (nSPS) is 25.4. The van der Waals surface area contributed by atoms with Gasteiger partial charge in [0.25, 0.3) is 0 Å². The predicted octanol–water partition coefficient (Wildman–Crippen LogP) is 8.11. The number of hydrogen-bond donors (Lipinski definition) is 0. The molecule has 2 fully saturated rings. The standard InChI is InChI=1S/C28H39F2NO2/c1-2-3-4-5-6-7-8-20-9-11-21(12-10-20)22-13-15-23(16-14-22)28(32)33-25-18-17-24(19-31)26(29)27(25)30/h17-18,20-23H,2-16H2,1H3/t20-,21-,22-,23-. The van der Waals surface area contributed by atoms with E-state index in [9.17, 15) is 13.6 Å². The molecule has 3 rings (SSSR count). The van der Waals surface area contributed by atoms with Crippen LogP contribution in [-0.4, -0.2) is 5.97 Å². The number of benzene rings is 1. The average molecular weight is 460 g/mol. The number of hydrogen-bond acceptors (Lipinski definition) is 3. The molecule has 33 heavy (non-hydrogen) atoms. The van der Waals surface area contributed by atoms with Gasteiger partial charge in [0.2, 0.25) is 5.82 Å². The SMILES string of the molecule is CCCCCCCC[C@H]1CC[C@H]([C@H]2CC[C@H](C(=O)Oc3ccc(C#N)c(F)c3F)CC2)CC1. The number of ether oxygens (including phenoxy) is 1. The van der Waals surface area contributed by atoms with Crippen molar-refractivity contribution < 1.29 is 18.3 Å². The number of esters is 1. The van der Waals surface area contributed by atoms with Crippen LogP contribution in [0.4, 0.5) is 8.78 Å². The molecule has 0 atom stereocenters. The lowest BCUT2D eigenvalue weighted by atomic mass is 9.68. The van der Waals surface area contributed by atoms with Gasteiger partial charge < -0.3 is 4.74 Å². The molecular weight excluding hydrogens is 420 g/mol. The van der Waals surface area contributed by atoms with Gasteiger partial charge in [0.15, 0.2) is 11.6 Å². The van der Waals surface area contributed by atoms with Crippen molar-refractivity contribution in [3.05, 3.63) is 29.3 Å². The zero-order valence-electron chi connectivity index (χ0n) is 20.1. The summed E-state index contributed by atoms with van der Waals surface area (Å²) in [6, 6.07) is 3.88. The number of rotatable bonds is 10. The first-order valence-electron chi connectivity index (χ1n) is 13.1. The van der Waals surface area contributed by atoms with Crippen molar-refractivity contribution in [3.8, 4) is 11.8 Å². The van der Waals surface area contributed by atoms with Gasteiger partial charge in [-0.3, -0.25) is 4.79 Å². The lowest BCUT2D eigenvalue weighted by Gasteiger charge is -2.37. The Kier molecular flexibility index (Phi) is 10.2. The third kappa shape index (κ3) is 7.26. The second-order valence-corrected chi connectivity index (χ2v) is 10.2. The van der Waals surface area contributed by atoms with Crippen molar-refractivity contribution in [1.82, 2.24) is 0 Å². The van der Waals surface area contributed by atoms with Crippen LogP contribution in [0.15, 0.2) is 12.1 Å². The topological polar surface area (TPSA) is 50.1 Å². The van der Waals surface area contributed by atoms with Gasteiger partial charge in [0, 0.05) is 0 Å². The van der Waals surface area contributed by atoms with E-state index in [4.69, 9.17) is 10.00 Å². The van der Waals surface area contributed by atoms with Crippen molar-refractivity contribution in [2.45, 2.75) is 103 Å². The first-order valence-corrected chi connectivity index (χ1v) is 13.1. The van der Waals surface area contributed by atoms with Gasteiger partial charge in [0.05, 0.1) is 11.5 Å². The molecule has 2 aliphatic rings. The highest BCUT2D eigenvalue weighted by molar-refractivity contribution is 5.75. The van der Waals surface area contributed by atoms with Crippen molar-refractivity contribution >= 4 is 5.97 Å². The van der Waals surface area contributed by atoms with E-state index >= 15 is 0 Å². The summed E-state index contributed by atoms with van der Waals surface area (Å²) in [5.74, 6) is -1.36. The summed E-state index contributed by atoms with van der Waals surface area (Å²) in [5.41, 5.74) is -0.394. The van der Waals surface area contributed by atoms with Crippen LogP contribution in [0, 0.1) is 46.6 Å². The first kappa shape index (κ1) is 25.7. The maximum Gasteiger partial charge on any atom is 0.314 e. The van der Waals surface area contributed by atoms with Crippen LogP contribution < -0.4 is 4.74 Å². The van der Waals surface area contributed by atoms with Gasteiger partial charge in [-0.05, 0) is 68.4 Å². The fourth-order valence-corrected chi connectivity index (χ4v) is 5.88. The number of nitriles is 1. The third-order valence-electron chi connectivity index (χ3n) is 8.01. The maximum atomic E-state index is 14.1. The van der Waals surface area contributed by atoms with Gasteiger partial charge in [-0.1, -0.05) is 64.7 Å². The van der Waals surface area contributed by atoms with Crippen molar-refractivity contribution in [1.29, 1.82) is 5.26 Å². The monoisotopic (exact) mass is 459 g/mol. The van der Waals surface area contributed by atoms with E-state index in [0.29, 0.717) is 5.92 Å². The Morgan fingerprint density at radius 3 is 2.15 bits per heavy atom. The molecule has 2 saturated carbocycles. The third-order valence-corrected chi connectivity index (χ3v) is 8.01. The van der Waals surface area contributed by atoms with Gasteiger partial charge >= 0.3 is 5.97 Å². The van der Waals surface area contributed by atoms with Gasteiger partial charge in [-0.2, -0.15) is 9.65 Å². The Morgan fingerprint density at radius 1 is 0.909 bits per heavy atom. The number of unbranched alkanes of at least 4 members (excludes halogenated alkanes) is 5. The van der Waals surface area contributed by atoms with Crippen LogP contribution in [0.3, 0.4) is 0 Å². The molecule has 0 saturated heterocycles. The lowest BCUT2D eigenvalue weighted by molar-refractivity contribution is -0.140. The number of carbonyl (C=O) groups excluding carboxylic acids is 1. The molecule has 0 N–H and O–H groups in total. The highest BCUT2D eigenvalue weighted by Crippen LogP contribution is 2.42.